The molecule has 108 valence electrons. The monoisotopic (exact) mass is 285 g/mol. The van der Waals surface area contributed by atoms with Gasteiger partial charge in [0.1, 0.15) is 0 Å². The molecule has 2 aromatic rings. The first kappa shape index (κ1) is 13.4. The van der Waals surface area contributed by atoms with E-state index in [4.69, 9.17) is 5.11 Å². The van der Waals surface area contributed by atoms with Crippen molar-refractivity contribution in [3.8, 4) is 0 Å². The number of para-hydroxylation sites is 1. The zero-order valence-corrected chi connectivity index (χ0v) is 11.6. The molecule has 1 amide bonds. The van der Waals surface area contributed by atoms with Gasteiger partial charge < -0.3 is 10.0 Å². The molecule has 6 nitrogen and oxygen atoms in total. The summed E-state index contributed by atoms with van der Waals surface area (Å²) in [4.78, 5) is 25.2. The van der Waals surface area contributed by atoms with Crippen LogP contribution < -0.4 is 4.90 Å². The number of carboxylic acids is 1. The molecule has 6 heteroatoms. The molecule has 0 saturated heterocycles. The number of carboxylic acid groups (broad SMARTS) is 1. The summed E-state index contributed by atoms with van der Waals surface area (Å²) < 4.78 is 1.57. The molecule has 0 spiro atoms. The SMILES string of the molecule is Cn1ccc(C(=O)N2CC(CC(=O)O)c3ccccc32)n1. The van der Waals surface area contributed by atoms with Gasteiger partial charge in [-0.1, -0.05) is 18.2 Å². The van der Waals surface area contributed by atoms with Crippen LogP contribution in [0.1, 0.15) is 28.4 Å². The van der Waals surface area contributed by atoms with Crippen molar-refractivity contribution in [1.29, 1.82) is 0 Å². The number of aryl methyl sites for hydroxylation is 1. The first-order valence-corrected chi connectivity index (χ1v) is 6.68. The Morgan fingerprint density at radius 1 is 1.33 bits per heavy atom. The standard InChI is InChI=1S/C15H15N3O3/c1-17-7-6-12(16-17)15(21)18-9-10(8-14(19)20)11-4-2-3-5-13(11)18/h2-7,10H,8-9H2,1H3,(H,19,20). The molecule has 0 aliphatic carbocycles. The van der Waals surface area contributed by atoms with Crippen LogP contribution >= 0.6 is 0 Å². The molecule has 1 aromatic heterocycles. The predicted molar refractivity (Wildman–Crippen MR) is 76.3 cm³/mol. The van der Waals surface area contributed by atoms with Gasteiger partial charge in [-0.15, -0.1) is 0 Å². The van der Waals surface area contributed by atoms with Crippen LogP contribution in [0.5, 0.6) is 0 Å². The Morgan fingerprint density at radius 2 is 2.10 bits per heavy atom. The average Bonchev–Trinajstić information content (AvgIpc) is 3.03. The summed E-state index contributed by atoms with van der Waals surface area (Å²) in [5.74, 6) is -1.23. The third-order valence-electron chi connectivity index (χ3n) is 3.67. The number of benzene rings is 1. The molecule has 1 aromatic carbocycles. The molecule has 1 N–H and O–H groups in total. The van der Waals surface area contributed by atoms with Gasteiger partial charge >= 0.3 is 5.97 Å². The number of fused-ring (bicyclic) bond motifs is 1. The van der Waals surface area contributed by atoms with Gasteiger partial charge in [-0.05, 0) is 17.7 Å². The van der Waals surface area contributed by atoms with Gasteiger partial charge in [0, 0.05) is 31.4 Å². The summed E-state index contributed by atoms with van der Waals surface area (Å²) in [6.07, 6.45) is 1.73. The number of hydrogen-bond donors (Lipinski definition) is 1. The number of anilines is 1. The maximum atomic E-state index is 12.6. The number of amides is 1. The minimum Gasteiger partial charge on any atom is -0.481 e. The molecule has 3 rings (SSSR count). The van der Waals surface area contributed by atoms with E-state index in [1.165, 1.54) is 0 Å². The van der Waals surface area contributed by atoms with Crippen LogP contribution in [0.25, 0.3) is 0 Å². The Morgan fingerprint density at radius 3 is 2.76 bits per heavy atom. The van der Waals surface area contributed by atoms with Crippen molar-refractivity contribution in [3.05, 3.63) is 47.8 Å². The number of rotatable bonds is 3. The van der Waals surface area contributed by atoms with Crippen molar-refractivity contribution in [3.63, 3.8) is 0 Å². The molecule has 1 unspecified atom stereocenters. The molecular weight excluding hydrogens is 270 g/mol. The van der Waals surface area contributed by atoms with E-state index in [0.717, 1.165) is 11.3 Å². The average molecular weight is 285 g/mol. The first-order valence-electron chi connectivity index (χ1n) is 6.68. The van der Waals surface area contributed by atoms with E-state index in [1.54, 1.807) is 28.9 Å². The molecule has 1 aliphatic rings. The molecule has 0 fully saturated rings. The van der Waals surface area contributed by atoms with E-state index >= 15 is 0 Å². The highest BCUT2D eigenvalue weighted by atomic mass is 16.4. The lowest BCUT2D eigenvalue weighted by Crippen LogP contribution is -2.30. The molecule has 2 heterocycles. The molecule has 0 bridgehead atoms. The second-order valence-corrected chi connectivity index (χ2v) is 5.14. The van der Waals surface area contributed by atoms with E-state index in [9.17, 15) is 9.59 Å². The van der Waals surface area contributed by atoms with E-state index in [2.05, 4.69) is 5.10 Å². The van der Waals surface area contributed by atoms with Crippen LogP contribution in [0.4, 0.5) is 5.69 Å². The Balaban J connectivity index is 1.94. The van der Waals surface area contributed by atoms with Gasteiger partial charge in [0.2, 0.25) is 0 Å². The molecule has 21 heavy (non-hydrogen) atoms. The largest absolute Gasteiger partial charge is 0.481 e. The minimum absolute atomic E-state index is 0.0169. The van der Waals surface area contributed by atoms with Gasteiger partial charge in [-0.3, -0.25) is 14.3 Å². The molecule has 1 atom stereocenters. The van der Waals surface area contributed by atoms with E-state index < -0.39 is 5.97 Å². The van der Waals surface area contributed by atoms with Crippen LogP contribution in [-0.4, -0.2) is 33.3 Å². The van der Waals surface area contributed by atoms with Crippen molar-refractivity contribution in [2.75, 3.05) is 11.4 Å². The summed E-state index contributed by atoms with van der Waals surface area (Å²) in [6, 6.07) is 9.10. The van der Waals surface area contributed by atoms with Gasteiger partial charge in [0.25, 0.3) is 5.91 Å². The summed E-state index contributed by atoms with van der Waals surface area (Å²) in [5.41, 5.74) is 2.05. The Bertz CT molecular complexity index is 708. The third-order valence-corrected chi connectivity index (χ3v) is 3.67. The van der Waals surface area contributed by atoms with Gasteiger partial charge in [-0.25, -0.2) is 0 Å². The van der Waals surface area contributed by atoms with Crippen molar-refractivity contribution >= 4 is 17.6 Å². The Kier molecular flexibility index (Phi) is 3.21. The summed E-state index contributed by atoms with van der Waals surface area (Å²) in [5, 5.41) is 13.1. The number of aliphatic carboxylic acids is 1. The second-order valence-electron chi connectivity index (χ2n) is 5.14. The van der Waals surface area contributed by atoms with Crippen LogP contribution in [0.2, 0.25) is 0 Å². The van der Waals surface area contributed by atoms with Gasteiger partial charge in [0.15, 0.2) is 5.69 Å². The number of aromatic nitrogens is 2. The smallest absolute Gasteiger partial charge is 0.304 e. The normalized spacial score (nSPS) is 16.8. The summed E-state index contributed by atoms with van der Waals surface area (Å²) >= 11 is 0. The fourth-order valence-corrected chi connectivity index (χ4v) is 2.74. The Labute approximate surface area is 121 Å². The lowest BCUT2D eigenvalue weighted by molar-refractivity contribution is -0.137. The van der Waals surface area contributed by atoms with E-state index in [0.29, 0.717) is 12.2 Å². The van der Waals surface area contributed by atoms with Crippen LogP contribution in [-0.2, 0) is 11.8 Å². The van der Waals surface area contributed by atoms with Crippen molar-refractivity contribution in [1.82, 2.24) is 9.78 Å². The summed E-state index contributed by atoms with van der Waals surface area (Å²) in [7, 11) is 1.75. The zero-order valence-electron chi connectivity index (χ0n) is 11.6. The molecule has 0 radical (unpaired) electrons. The van der Waals surface area contributed by atoms with Crippen LogP contribution in [0.15, 0.2) is 36.5 Å². The highest BCUT2D eigenvalue weighted by molar-refractivity contribution is 6.06. The predicted octanol–water partition coefficient (Wildman–Crippen LogP) is 1.64. The van der Waals surface area contributed by atoms with Gasteiger partial charge in [-0.2, -0.15) is 5.10 Å². The van der Waals surface area contributed by atoms with Gasteiger partial charge in [0.05, 0.1) is 6.42 Å². The minimum atomic E-state index is -0.859. The fourth-order valence-electron chi connectivity index (χ4n) is 2.74. The molecular formula is C15H15N3O3. The maximum absolute atomic E-state index is 12.6. The number of hydrogen-bond acceptors (Lipinski definition) is 3. The van der Waals surface area contributed by atoms with Crippen molar-refractivity contribution in [2.45, 2.75) is 12.3 Å². The number of nitrogens with zero attached hydrogens (tertiary/aromatic N) is 3. The first-order chi connectivity index (χ1) is 10.1. The topological polar surface area (TPSA) is 75.4 Å². The quantitative estimate of drug-likeness (QED) is 0.930. The number of carbonyl (C=O) groups is 2. The highest BCUT2D eigenvalue weighted by Gasteiger charge is 2.34. The van der Waals surface area contributed by atoms with E-state index in [1.807, 2.05) is 24.3 Å². The third kappa shape index (κ3) is 2.40. The second kappa shape index (κ2) is 5.05. The Hall–Kier alpha value is -2.63. The molecule has 0 saturated carbocycles. The molecule has 1 aliphatic heterocycles. The lowest BCUT2D eigenvalue weighted by atomic mass is 9.98. The van der Waals surface area contributed by atoms with E-state index in [-0.39, 0.29) is 18.2 Å². The fraction of sp³-hybridized carbons (Fsp3) is 0.267. The lowest BCUT2D eigenvalue weighted by Gasteiger charge is -2.16. The maximum Gasteiger partial charge on any atom is 0.304 e. The zero-order chi connectivity index (χ0) is 15.0. The van der Waals surface area contributed by atoms with Crippen molar-refractivity contribution in [2.24, 2.45) is 7.05 Å². The van der Waals surface area contributed by atoms with Crippen LogP contribution in [0, 0.1) is 0 Å². The van der Waals surface area contributed by atoms with Crippen molar-refractivity contribution < 1.29 is 14.7 Å². The van der Waals surface area contributed by atoms with Crippen LogP contribution in [0.3, 0.4) is 0 Å². The number of carbonyl (C=O) groups excluding carboxylic acids is 1. The highest BCUT2D eigenvalue weighted by Crippen LogP contribution is 2.38. The summed E-state index contributed by atoms with van der Waals surface area (Å²) in [6.45, 7) is 0.376.